The molecule has 1 fully saturated rings. The highest BCUT2D eigenvalue weighted by Gasteiger charge is 2.22. The third-order valence-corrected chi connectivity index (χ3v) is 4.95. The van der Waals surface area contributed by atoms with Gasteiger partial charge in [0.25, 0.3) is 0 Å². The van der Waals surface area contributed by atoms with Crippen LogP contribution in [0.2, 0.25) is 0 Å². The molecule has 0 bridgehead atoms. The lowest BCUT2D eigenvalue weighted by Crippen LogP contribution is -2.43. The summed E-state index contributed by atoms with van der Waals surface area (Å²) in [6, 6.07) is 5.93. The molecule has 146 valence electrons. The van der Waals surface area contributed by atoms with E-state index in [0.717, 1.165) is 41.7 Å². The van der Waals surface area contributed by atoms with E-state index in [4.69, 9.17) is 0 Å². The summed E-state index contributed by atoms with van der Waals surface area (Å²) in [6.07, 6.45) is 2.97. The number of aromatic amines is 1. The van der Waals surface area contributed by atoms with Gasteiger partial charge < -0.3 is 20.1 Å². The highest BCUT2D eigenvalue weighted by atomic mass is 16.2. The molecule has 2 aromatic rings. The van der Waals surface area contributed by atoms with E-state index < -0.39 is 0 Å². The Labute approximate surface area is 160 Å². The van der Waals surface area contributed by atoms with E-state index >= 15 is 0 Å². The molecular weight excluding hydrogens is 342 g/mol. The van der Waals surface area contributed by atoms with Gasteiger partial charge in [0.2, 0.25) is 5.91 Å². The molecule has 1 aromatic carbocycles. The first kappa shape index (κ1) is 19.2. The normalized spacial score (nSPS) is 15.0. The van der Waals surface area contributed by atoms with Crippen molar-refractivity contribution in [3.63, 3.8) is 0 Å². The van der Waals surface area contributed by atoms with Gasteiger partial charge in [-0.25, -0.2) is 9.78 Å². The maximum Gasteiger partial charge on any atom is 0.317 e. The summed E-state index contributed by atoms with van der Waals surface area (Å²) in [5.41, 5.74) is 2.90. The van der Waals surface area contributed by atoms with E-state index in [1.54, 1.807) is 0 Å². The number of aromatic nitrogens is 2. The first-order chi connectivity index (χ1) is 13.1. The molecule has 7 nitrogen and oxygen atoms in total. The largest absolute Gasteiger partial charge is 0.342 e. The Hall–Kier alpha value is -2.57. The van der Waals surface area contributed by atoms with Crippen molar-refractivity contribution < 1.29 is 9.59 Å². The van der Waals surface area contributed by atoms with Crippen LogP contribution in [0.1, 0.15) is 38.1 Å². The number of urea groups is 1. The second-order valence-corrected chi connectivity index (χ2v) is 7.02. The van der Waals surface area contributed by atoms with Gasteiger partial charge in [-0.2, -0.15) is 0 Å². The van der Waals surface area contributed by atoms with Crippen LogP contribution in [0.15, 0.2) is 18.2 Å². The molecule has 3 rings (SSSR count). The number of carbonyl (C=O) groups is 2. The Morgan fingerprint density at radius 2 is 1.93 bits per heavy atom. The molecule has 1 aliphatic rings. The standard InChI is InChI=1S/C20H29N5O2/c1-3-8-21-20(27)25-10-5-9-24(11-12-25)19(26)14-15-6-7-16-17(13-15)23-18(4-2)22-16/h6-7,13H,3-5,8-12,14H2,1-2H3,(H,21,27)(H,22,23). The predicted octanol–water partition coefficient (Wildman–Crippen LogP) is 2.32. The highest BCUT2D eigenvalue weighted by Crippen LogP contribution is 2.16. The van der Waals surface area contributed by atoms with Crippen LogP contribution in [0.25, 0.3) is 11.0 Å². The van der Waals surface area contributed by atoms with Crippen LogP contribution in [-0.4, -0.2) is 64.4 Å². The van der Waals surface area contributed by atoms with Gasteiger partial charge in [0.15, 0.2) is 0 Å². The highest BCUT2D eigenvalue weighted by molar-refractivity contribution is 5.82. The van der Waals surface area contributed by atoms with Crippen molar-refractivity contribution in [1.82, 2.24) is 25.1 Å². The van der Waals surface area contributed by atoms with E-state index in [9.17, 15) is 9.59 Å². The number of hydrogen-bond acceptors (Lipinski definition) is 3. The van der Waals surface area contributed by atoms with Crippen LogP contribution in [0, 0.1) is 0 Å². The molecule has 2 heterocycles. The minimum atomic E-state index is -0.0254. The lowest BCUT2D eigenvalue weighted by atomic mass is 10.1. The summed E-state index contributed by atoms with van der Waals surface area (Å²) in [6.45, 7) is 7.35. The first-order valence-corrected chi connectivity index (χ1v) is 9.88. The number of amides is 3. The van der Waals surface area contributed by atoms with Gasteiger partial charge in [-0.1, -0.05) is 19.9 Å². The zero-order valence-electron chi connectivity index (χ0n) is 16.3. The van der Waals surface area contributed by atoms with Crippen molar-refractivity contribution >= 4 is 23.0 Å². The van der Waals surface area contributed by atoms with Gasteiger partial charge in [0, 0.05) is 39.1 Å². The number of hydrogen-bond donors (Lipinski definition) is 2. The van der Waals surface area contributed by atoms with Crippen LogP contribution in [0.3, 0.4) is 0 Å². The fourth-order valence-electron chi connectivity index (χ4n) is 3.39. The van der Waals surface area contributed by atoms with Gasteiger partial charge in [-0.05, 0) is 30.5 Å². The summed E-state index contributed by atoms with van der Waals surface area (Å²) in [7, 11) is 0. The van der Waals surface area contributed by atoms with E-state index in [2.05, 4.69) is 22.2 Å². The lowest BCUT2D eigenvalue weighted by molar-refractivity contribution is -0.130. The molecule has 27 heavy (non-hydrogen) atoms. The molecule has 0 spiro atoms. The van der Waals surface area contributed by atoms with Crippen molar-refractivity contribution in [2.24, 2.45) is 0 Å². The van der Waals surface area contributed by atoms with Crippen LogP contribution in [0.5, 0.6) is 0 Å². The Morgan fingerprint density at radius 3 is 2.70 bits per heavy atom. The summed E-state index contributed by atoms with van der Waals surface area (Å²) in [5, 5.41) is 2.91. The fourth-order valence-corrected chi connectivity index (χ4v) is 3.39. The number of carbonyl (C=O) groups excluding carboxylic acids is 2. The average Bonchev–Trinajstić information content (AvgIpc) is 2.92. The molecule has 2 N–H and O–H groups in total. The summed E-state index contributed by atoms with van der Waals surface area (Å²) in [5.74, 6) is 1.07. The van der Waals surface area contributed by atoms with Crippen molar-refractivity contribution in [3.05, 3.63) is 29.6 Å². The number of fused-ring (bicyclic) bond motifs is 1. The number of benzene rings is 1. The maximum atomic E-state index is 12.7. The van der Waals surface area contributed by atoms with Gasteiger partial charge in [0.1, 0.15) is 5.82 Å². The van der Waals surface area contributed by atoms with Gasteiger partial charge in [0.05, 0.1) is 17.5 Å². The average molecular weight is 371 g/mol. The van der Waals surface area contributed by atoms with E-state index in [1.807, 2.05) is 34.9 Å². The summed E-state index contributed by atoms with van der Waals surface area (Å²) < 4.78 is 0. The Bertz CT molecular complexity index is 801. The van der Waals surface area contributed by atoms with Crippen molar-refractivity contribution in [2.75, 3.05) is 32.7 Å². The maximum absolute atomic E-state index is 12.7. The Kier molecular flexibility index (Phi) is 6.32. The molecule has 7 heteroatoms. The topological polar surface area (TPSA) is 81.3 Å². The second kappa shape index (κ2) is 8.88. The number of nitrogens with one attached hydrogen (secondary N) is 2. The fraction of sp³-hybridized carbons (Fsp3) is 0.550. The number of H-pyrrole nitrogens is 1. The number of imidazole rings is 1. The third kappa shape index (κ3) is 4.78. The molecule has 0 saturated carbocycles. The van der Waals surface area contributed by atoms with E-state index in [1.165, 1.54) is 0 Å². The van der Waals surface area contributed by atoms with Crippen molar-refractivity contribution in [1.29, 1.82) is 0 Å². The quantitative estimate of drug-likeness (QED) is 0.846. The van der Waals surface area contributed by atoms with Crippen molar-refractivity contribution in [3.8, 4) is 0 Å². The van der Waals surface area contributed by atoms with Crippen LogP contribution >= 0.6 is 0 Å². The first-order valence-electron chi connectivity index (χ1n) is 9.88. The molecule has 0 aliphatic carbocycles. The zero-order chi connectivity index (χ0) is 19.2. The molecule has 1 aliphatic heterocycles. The van der Waals surface area contributed by atoms with Crippen LogP contribution in [-0.2, 0) is 17.6 Å². The zero-order valence-corrected chi connectivity index (χ0v) is 16.3. The predicted molar refractivity (Wildman–Crippen MR) is 106 cm³/mol. The lowest BCUT2D eigenvalue weighted by Gasteiger charge is -2.22. The molecule has 3 amide bonds. The molecule has 0 unspecified atom stereocenters. The van der Waals surface area contributed by atoms with Gasteiger partial charge in [-0.3, -0.25) is 4.79 Å². The summed E-state index contributed by atoms with van der Waals surface area (Å²) in [4.78, 5) is 36.4. The summed E-state index contributed by atoms with van der Waals surface area (Å²) >= 11 is 0. The SMILES string of the molecule is CCCNC(=O)N1CCCN(C(=O)Cc2ccc3nc(CC)[nH]c3c2)CC1. The molecule has 1 aromatic heterocycles. The minimum Gasteiger partial charge on any atom is -0.342 e. The Balaban J connectivity index is 1.58. The van der Waals surface area contributed by atoms with E-state index in [0.29, 0.717) is 39.1 Å². The van der Waals surface area contributed by atoms with Crippen LogP contribution in [0.4, 0.5) is 4.79 Å². The molecule has 0 atom stereocenters. The molecule has 1 saturated heterocycles. The minimum absolute atomic E-state index is 0.0254. The number of rotatable bonds is 5. The number of nitrogens with zero attached hydrogens (tertiary/aromatic N) is 3. The molecule has 0 radical (unpaired) electrons. The third-order valence-electron chi connectivity index (χ3n) is 4.95. The smallest absolute Gasteiger partial charge is 0.317 e. The second-order valence-electron chi connectivity index (χ2n) is 7.02. The van der Waals surface area contributed by atoms with Crippen molar-refractivity contribution in [2.45, 2.75) is 39.5 Å². The van der Waals surface area contributed by atoms with Gasteiger partial charge in [-0.15, -0.1) is 0 Å². The molecular formula is C20H29N5O2. The Morgan fingerprint density at radius 1 is 1.15 bits per heavy atom. The van der Waals surface area contributed by atoms with Gasteiger partial charge >= 0.3 is 6.03 Å². The van der Waals surface area contributed by atoms with Crippen LogP contribution < -0.4 is 5.32 Å². The number of aryl methyl sites for hydroxylation is 1. The van der Waals surface area contributed by atoms with E-state index in [-0.39, 0.29) is 11.9 Å². The monoisotopic (exact) mass is 371 g/mol.